The second-order valence-corrected chi connectivity index (χ2v) is 7.08. The maximum Gasteiger partial charge on any atom is 0.225 e. The molecule has 1 aliphatic heterocycles. The van der Waals surface area contributed by atoms with Gasteiger partial charge in [-0.25, -0.2) is 0 Å². The van der Waals surface area contributed by atoms with Crippen LogP contribution in [0.4, 0.5) is 0 Å². The SMILES string of the molecule is CCCCCCSC1=C(C#N)[C@H](c2ccc(C)cc2)CC(=O)N1. The van der Waals surface area contributed by atoms with Crippen molar-refractivity contribution in [2.24, 2.45) is 0 Å². The van der Waals surface area contributed by atoms with Crippen molar-refractivity contribution in [3.63, 3.8) is 0 Å². The van der Waals surface area contributed by atoms with Gasteiger partial charge in [0.15, 0.2) is 0 Å². The Balaban J connectivity index is 2.14. The Morgan fingerprint density at radius 2 is 2.00 bits per heavy atom. The highest BCUT2D eigenvalue weighted by atomic mass is 32.2. The molecule has 0 fully saturated rings. The fraction of sp³-hybridized carbons (Fsp3) is 0.474. The number of rotatable bonds is 7. The first-order chi connectivity index (χ1) is 11.2. The van der Waals surface area contributed by atoms with Gasteiger partial charge in [0.05, 0.1) is 16.7 Å². The van der Waals surface area contributed by atoms with Crippen LogP contribution in [-0.2, 0) is 4.79 Å². The number of hydrogen-bond acceptors (Lipinski definition) is 3. The van der Waals surface area contributed by atoms with E-state index in [9.17, 15) is 10.1 Å². The molecule has 23 heavy (non-hydrogen) atoms. The summed E-state index contributed by atoms with van der Waals surface area (Å²) in [5, 5.41) is 13.3. The number of aryl methyl sites for hydroxylation is 1. The molecule has 0 aliphatic carbocycles. The minimum Gasteiger partial charge on any atom is -0.320 e. The molecule has 0 aromatic heterocycles. The molecule has 1 aromatic rings. The van der Waals surface area contributed by atoms with Gasteiger partial charge in [-0.15, -0.1) is 11.8 Å². The molecule has 1 aliphatic rings. The standard InChI is InChI=1S/C19H24N2OS/c1-3-4-5-6-11-23-19-17(13-20)16(12-18(22)21-19)15-9-7-14(2)8-10-15/h7-10,16H,3-6,11-12H2,1-2H3,(H,21,22)/t16-/m0/s1. The summed E-state index contributed by atoms with van der Waals surface area (Å²) in [6.07, 6.45) is 5.12. The molecule has 1 amide bonds. The Kier molecular flexibility index (Phi) is 6.73. The number of hydrogen-bond donors (Lipinski definition) is 1. The van der Waals surface area contributed by atoms with Crippen molar-refractivity contribution in [3.05, 3.63) is 46.0 Å². The molecule has 0 radical (unpaired) electrons. The fourth-order valence-corrected chi connectivity index (χ4v) is 3.80. The summed E-state index contributed by atoms with van der Waals surface area (Å²) >= 11 is 1.61. The van der Waals surface area contributed by atoms with Gasteiger partial charge in [0, 0.05) is 12.3 Å². The summed E-state index contributed by atoms with van der Waals surface area (Å²) in [6.45, 7) is 4.23. The largest absolute Gasteiger partial charge is 0.320 e. The smallest absolute Gasteiger partial charge is 0.225 e. The summed E-state index contributed by atoms with van der Waals surface area (Å²) in [4.78, 5) is 12.1. The van der Waals surface area contributed by atoms with E-state index < -0.39 is 0 Å². The third kappa shape index (κ3) is 4.87. The van der Waals surface area contributed by atoms with Crippen LogP contribution in [0.15, 0.2) is 34.9 Å². The van der Waals surface area contributed by atoms with Gasteiger partial charge in [0.2, 0.25) is 5.91 Å². The maximum absolute atomic E-state index is 12.1. The van der Waals surface area contributed by atoms with Gasteiger partial charge in [-0.2, -0.15) is 5.26 Å². The molecule has 0 saturated heterocycles. The normalized spacial score (nSPS) is 17.8. The Morgan fingerprint density at radius 1 is 1.26 bits per heavy atom. The summed E-state index contributed by atoms with van der Waals surface area (Å²) in [5.41, 5.74) is 2.93. The molecule has 1 N–H and O–H groups in total. The van der Waals surface area contributed by atoms with E-state index in [4.69, 9.17) is 0 Å². The minimum absolute atomic E-state index is 0.00522. The van der Waals surface area contributed by atoms with Crippen molar-refractivity contribution in [2.45, 2.75) is 51.9 Å². The number of carbonyl (C=O) groups excluding carboxylic acids is 1. The lowest BCUT2D eigenvalue weighted by Gasteiger charge is -2.25. The van der Waals surface area contributed by atoms with Crippen molar-refractivity contribution >= 4 is 17.7 Å². The van der Waals surface area contributed by atoms with Crippen molar-refractivity contribution < 1.29 is 4.79 Å². The molecule has 1 heterocycles. The summed E-state index contributed by atoms with van der Waals surface area (Å²) in [7, 11) is 0. The van der Waals surface area contributed by atoms with Gasteiger partial charge in [0.25, 0.3) is 0 Å². The van der Waals surface area contributed by atoms with Crippen LogP contribution in [-0.4, -0.2) is 11.7 Å². The van der Waals surface area contributed by atoms with Crippen molar-refractivity contribution in [2.75, 3.05) is 5.75 Å². The van der Waals surface area contributed by atoms with Crippen LogP contribution in [0.1, 0.15) is 56.1 Å². The van der Waals surface area contributed by atoms with E-state index in [0.29, 0.717) is 12.0 Å². The fourth-order valence-electron chi connectivity index (χ4n) is 2.72. The molecule has 1 atom stereocenters. The third-order valence-corrected chi connectivity index (χ3v) is 5.18. The lowest BCUT2D eigenvalue weighted by Crippen LogP contribution is -2.30. The van der Waals surface area contributed by atoms with E-state index in [1.807, 2.05) is 31.2 Å². The first-order valence-electron chi connectivity index (χ1n) is 8.29. The minimum atomic E-state index is -0.118. The van der Waals surface area contributed by atoms with Crippen LogP contribution < -0.4 is 5.32 Å². The topological polar surface area (TPSA) is 52.9 Å². The average Bonchev–Trinajstić information content (AvgIpc) is 2.55. The lowest BCUT2D eigenvalue weighted by atomic mass is 9.87. The van der Waals surface area contributed by atoms with Crippen molar-refractivity contribution in [1.82, 2.24) is 5.32 Å². The second kappa shape index (κ2) is 8.79. The molecular weight excluding hydrogens is 304 g/mol. The van der Waals surface area contributed by atoms with Gasteiger partial charge < -0.3 is 5.32 Å². The Labute approximate surface area is 143 Å². The number of nitriles is 1. The van der Waals surface area contributed by atoms with Crippen LogP contribution in [0.5, 0.6) is 0 Å². The highest BCUT2D eigenvalue weighted by Gasteiger charge is 2.29. The van der Waals surface area contributed by atoms with E-state index in [-0.39, 0.29) is 11.8 Å². The Hall–Kier alpha value is -1.73. The molecule has 0 unspecified atom stereocenters. The molecule has 3 nitrogen and oxygen atoms in total. The number of unbranched alkanes of at least 4 members (excludes halogenated alkanes) is 3. The number of benzene rings is 1. The quantitative estimate of drug-likeness (QED) is 0.741. The van der Waals surface area contributed by atoms with Crippen molar-refractivity contribution in [1.29, 1.82) is 5.26 Å². The molecule has 0 saturated carbocycles. The number of nitrogens with one attached hydrogen (secondary N) is 1. The number of allylic oxidation sites excluding steroid dienone is 1. The highest BCUT2D eigenvalue weighted by Crippen LogP contribution is 2.36. The van der Waals surface area contributed by atoms with E-state index in [1.165, 1.54) is 24.8 Å². The third-order valence-electron chi connectivity index (χ3n) is 4.08. The second-order valence-electron chi connectivity index (χ2n) is 5.98. The lowest BCUT2D eigenvalue weighted by molar-refractivity contribution is -0.120. The zero-order valence-electron chi connectivity index (χ0n) is 13.9. The zero-order valence-corrected chi connectivity index (χ0v) is 14.7. The van der Waals surface area contributed by atoms with Gasteiger partial charge in [-0.3, -0.25) is 4.79 Å². The molecule has 2 rings (SSSR count). The predicted molar refractivity (Wildman–Crippen MR) is 95.9 cm³/mol. The molecular formula is C19H24N2OS. The molecule has 122 valence electrons. The number of nitrogens with zero attached hydrogens (tertiary/aromatic N) is 1. The average molecular weight is 328 g/mol. The van der Waals surface area contributed by atoms with Crippen LogP contribution in [0.2, 0.25) is 0 Å². The van der Waals surface area contributed by atoms with Crippen LogP contribution in [0, 0.1) is 18.3 Å². The van der Waals surface area contributed by atoms with E-state index in [0.717, 1.165) is 22.8 Å². The van der Waals surface area contributed by atoms with E-state index in [2.05, 4.69) is 18.3 Å². The van der Waals surface area contributed by atoms with Crippen LogP contribution >= 0.6 is 11.8 Å². The van der Waals surface area contributed by atoms with Gasteiger partial charge in [-0.1, -0.05) is 56.0 Å². The molecule has 0 bridgehead atoms. The number of amides is 1. The first-order valence-corrected chi connectivity index (χ1v) is 9.27. The zero-order chi connectivity index (χ0) is 16.7. The molecule has 0 spiro atoms. The molecule has 1 aromatic carbocycles. The van der Waals surface area contributed by atoms with Crippen LogP contribution in [0.25, 0.3) is 0 Å². The first kappa shape index (κ1) is 17.6. The molecule has 4 heteroatoms. The van der Waals surface area contributed by atoms with E-state index in [1.54, 1.807) is 11.8 Å². The van der Waals surface area contributed by atoms with Crippen LogP contribution in [0.3, 0.4) is 0 Å². The van der Waals surface area contributed by atoms with E-state index >= 15 is 0 Å². The number of carbonyl (C=O) groups is 1. The summed E-state index contributed by atoms with van der Waals surface area (Å²) in [5.74, 6) is 0.833. The van der Waals surface area contributed by atoms with Gasteiger partial charge in [-0.05, 0) is 24.7 Å². The van der Waals surface area contributed by atoms with Gasteiger partial charge >= 0.3 is 0 Å². The summed E-state index contributed by atoms with van der Waals surface area (Å²) < 4.78 is 0. The van der Waals surface area contributed by atoms with Gasteiger partial charge in [0.1, 0.15) is 0 Å². The maximum atomic E-state index is 12.1. The highest BCUT2D eigenvalue weighted by molar-refractivity contribution is 8.03. The number of thioether (sulfide) groups is 1. The Bertz CT molecular complexity index is 613. The van der Waals surface area contributed by atoms with Crippen molar-refractivity contribution in [3.8, 4) is 6.07 Å². The monoisotopic (exact) mass is 328 g/mol. The predicted octanol–water partition coefficient (Wildman–Crippen LogP) is 4.65. The summed E-state index contributed by atoms with van der Waals surface area (Å²) in [6, 6.07) is 10.5. The Morgan fingerprint density at radius 3 is 2.65 bits per heavy atom.